The van der Waals surface area contributed by atoms with Crippen LogP contribution in [0.3, 0.4) is 0 Å². The van der Waals surface area contributed by atoms with E-state index in [9.17, 15) is 4.79 Å². The maximum absolute atomic E-state index is 11.3. The normalized spacial score (nSPS) is 15.2. The number of hydrazine groups is 1. The van der Waals surface area contributed by atoms with Crippen molar-refractivity contribution < 1.29 is 4.79 Å². The molecule has 0 fully saturated rings. The number of carbonyl (C=O) groups excluding carboxylic acids is 1. The molecule has 62 valence electrons. The molecule has 0 saturated carbocycles. The van der Waals surface area contributed by atoms with Gasteiger partial charge in [-0.3, -0.25) is 9.80 Å². The Hall–Kier alpha value is -1.35. The molecule has 1 aromatic carbocycles. The SMILES string of the molecule is Cc1ccc2c(c1)CN(N)C2=O. The highest BCUT2D eigenvalue weighted by Crippen LogP contribution is 2.20. The van der Waals surface area contributed by atoms with Crippen LogP contribution in [0.25, 0.3) is 0 Å². The Bertz CT molecular complexity index is 346. The van der Waals surface area contributed by atoms with E-state index in [1.807, 2.05) is 25.1 Å². The Morgan fingerprint density at radius 1 is 1.50 bits per heavy atom. The molecule has 2 N–H and O–H groups in total. The van der Waals surface area contributed by atoms with Crippen molar-refractivity contribution >= 4 is 5.91 Å². The van der Waals surface area contributed by atoms with E-state index in [0.29, 0.717) is 6.54 Å². The average Bonchev–Trinajstić information content (AvgIpc) is 2.28. The molecule has 0 bridgehead atoms. The second-order valence-electron chi connectivity index (χ2n) is 3.09. The van der Waals surface area contributed by atoms with Crippen LogP contribution in [0.2, 0.25) is 0 Å². The topological polar surface area (TPSA) is 46.3 Å². The number of benzene rings is 1. The van der Waals surface area contributed by atoms with E-state index >= 15 is 0 Å². The van der Waals surface area contributed by atoms with Gasteiger partial charge in [-0.2, -0.15) is 0 Å². The fourth-order valence-corrected chi connectivity index (χ4v) is 1.47. The van der Waals surface area contributed by atoms with E-state index in [4.69, 9.17) is 5.84 Å². The standard InChI is InChI=1S/C9H10N2O/c1-6-2-3-8-7(4-6)5-11(10)9(8)12/h2-4H,5,10H2,1H3. The van der Waals surface area contributed by atoms with Crippen molar-refractivity contribution in [2.75, 3.05) is 0 Å². The molecule has 0 atom stereocenters. The van der Waals surface area contributed by atoms with E-state index in [0.717, 1.165) is 16.7 Å². The van der Waals surface area contributed by atoms with Gasteiger partial charge in [-0.15, -0.1) is 0 Å². The van der Waals surface area contributed by atoms with Gasteiger partial charge >= 0.3 is 0 Å². The first kappa shape index (κ1) is 7.31. The van der Waals surface area contributed by atoms with Crippen LogP contribution in [0.4, 0.5) is 0 Å². The Labute approximate surface area is 70.8 Å². The van der Waals surface area contributed by atoms with Crippen molar-refractivity contribution in [2.24, 2.45) is 5.84 Å². The third-order valence-corrected chi connectivity index (χ3v) is 2.09. The highest BCUT2D eigenvalue weighted by Gasteiger charge is 2.24. The maximum atomic E-state index is 11.3. The van der Waals surface area contributed by atoms with Crippen LogP contribution < -0.4 is 5.84 Å². The summed E-state index contributed by atoms with van der Waals surface area (Å²) in [5.41, 5.74) is 2.93. The van der Waals surface area contributed by atoms with Crippen LogP contribution in [-0.4, -0.2) is 10.9 Å². The summed E-state index contributed by atoms with van der Waals surface area (Å²) in [6.45, 7) is 2.54. The van der Waals surface area contributed by atoms with Crippen molar-refractivity contribution in [3.8, 4) is 0 Å². The van der Waals surface area contributed by atoms with Crippen LogP contribution in [0.5, 0.6) is 0 Å². The van der Waals surface area contributed by atoms with Gasteiger partial charge in [0.05, 0.1) is 6.54 Å². The summed E-state index contributed by atoms with van der Waals surface area (Å²) in [5.74, 6) is 5.38. The highest BCUT2D eigenvalue weighted by molar-refractivity contribution is 5.97. The zero-order valence-electron chi connectivity index (χ0n) is 6.87. The number of hydrogen-bond acceptors (Lipinski definition) is 2. The number of hydrogen-bond donors (Lipinski definition) is 1. The second-order valence-corrected chi connectivity index (χ2v) is 3.09. The molecule has 0 radical (unpaired) electrons. The van der Waals surface area contributed by atoms with Crippen LogP contribution >= 0.6 is 0 Å². The Morgan fingerprint density at radius 3 is 3.00 bits per heavy atom. The predicted octanol–water partition coefficient (Wildman–Crippen LogP) is 0.825. The Balaban J connectivity index is 2.54. The molecule has 1 aromatic rings. The average molecular weight is 162 g/mol. The minimum atomic E-state index is -0.0787. The quantitative estimate of drug-likeness (QED) is 0.453. The minimum absolute atomic E-state index is 0.0787. The Morgan fingerprint density at radius 2 is 2.25 bits per heavy atom. The third-order valence-electron chi connectivity index (χ3n) is 2.09. The minimum Gasteiger partial charge on any atom is -0.272 e. The van der Waals surface area contributed by atoms with Crippen molar-refractivity contribution in [2.45, 2.75) is 13.5 Å². The van der Waals surface area contributed by atoms with Crippen molar-refractivity contribution in [3.63, 3.8) is 0 Å². The van der Waals surface area contributed by atoms with Gasteiger partial charge in [-0.05, 0) is 18.6 Å². The fraction of sp³-hybridized carbons (Fsp3) is 0.222. The first-order chi connectivity index (χ1) is 5.68. The highest BCUT2D eigenvalue weighted by atomic mass is 16.2. The molecule has 1 aliphatic rings. The number of amides is 1. The molecule has 0 aliphatic carbocycles. The lowest BCUT2D eigenvalue weighted by Gasteiger charge is -2.04. The van der Waals surface area contributed by atoms with Crippen LogP contribution in [0.1, 0.15) is 21.5 Å². The number of nitrogens with zero attached hydrogens (tertiary/aromatic N) is 1. The lowest BCUT2D eigenvalue weighted by molar-refractivity contribution is 0.0778. The van der Waals surface area contributed by atoms with E-state index < -0.39 is 0 Å². The van der Waals surface area contributed by atoms with Crippen molar-refractivity contribution in [1.82, 2.24) is 5.01 Å². The zero-order chi connectivity index (χ0) is 8.72. The summed E-state index contributed by atoms with van der Waals surface area (Å²) in [5, 5.41) is 1.24. The third kappa shape index (κ3) is 0.905. The van der Waals surface area contributed by atoms with E-state index in [-0.39, 0.29) is 5.91 Å². The number of nitrogens with two attached hydrogens (primary N) is 1. The van der Waals surface area contributed by atoms with Crippen molar-refractivity contribution in [1.29, 1.82) is 0 Å². The van der Waals surface area contributed by atoms with Crippen LogP contribution in [-0.2, 0) is 6.54 Å². The van der Waals surface area contributed by atoms with Gasteiger partial charge in [-0.25, -0.2) is 5.84 Å². The molecule has 0 spiro atoms. The molecule has 3 heteroatoms. The van der Waals surface area contributed by atoms with Gasteiger partial charge in [0, 0.05) is 5.56 Å². The summed E-state index contributed by atoms with van der Waals surface area (Å²) in [6, 6.07) is 5.76. The second kappa shape index (κ2) is 2.32. The summed E-state index contributed by atoms with van der Waals surface area (Å²) in [4.78, 5) is 11.3. The lowest BCUT2D eigenvalue weighted by atomic mass is 10.1. The van der Waals surface area contributed by atoms with Crippen LogP contribution in [0, 0.1) is 6.92 Å². The molecule has 0 unspecified atom stereocenters. The molecule has 1 amide bonds. The molecule has 0 saturated heterocycles. The number of fused-ring (bicyclic) bond motifs is 1. The number of carbonyl (C=O) groups is 1. The largest absolute Gasteiger partial charge is 0.272 e. The molecule has 1 heterocycles. The summed E-state index contributed by atoms with van der Waals surface area (Å²) in [6.07, 6.45) is 0. The van der Waals surface area contributed by atoms with Gasteiger partial charge in [0.15, 0.2) is 0 Å². The summed E-state index contributed by atoms with van der Waals surface area (Å²) < 4.78 is 0. The molecule has 12 heavy (non-hydrogen) atoms. The van der Waals surface area contributed by atoms with Gasteiger partial charge < -0.3 is 0 Å². The molecular formula is C9H10N2O. The molecule has 1 aliphatic heterocycles. The summed E-state index contributed by atoms with van der Waals surface area (Å²) in [7, 11) is 0. The molecule has 3 nitrogen and oxygen atoms in total. The van der Waals surface area contributed by atoms with Crippen molar-refractivity contribution in [3.05, 3.63) is 34.9 Å². The number of aryl methyl sites for hydroxylation is 1. The number of rotatable bonds is 0. The predicted molar refractivity (Wildman–Crippen MR) is 45.2 cm³/mol. The fourth-order valence-electron chi connectivity index (χ4n) is 1.47. The van der Waals surface area contributed by atoms with Gasteiger partial charge in [-0.1, -0.05) is 17.7 Å². The van der Waals surface area contributed by atoms with E-state index in [2.05, 4.69) is 0 Å². The zero-order valence-corrected chi connectivity index (χ0v) is 6.87. The maximum Gasteiger partial charge on any atom is 0.268 e. The first-order valence-corrected chi connectivity index (χ1v) is 3.84. The van der Waals surface area contributed by atoms with Gasteiger partial charge in [0.1, 0.15) is 0 Å². The molecule has 2 rings (SSSR count). The van der Waals surface area contributed by atoms with E-state index in [1.165, 1.54) is 5.01 Å². The van der Waals surface area contributed by atoms with E-state index in [1.54, 1.807) is 0 Å². The van der Waals surface area contributed by atoms with Gasteiger partial charge in [0.25, 0.3) is 5.91 Å². The smallest absolute Gasteiger partial charge is 0.268 e. The van der Waals surface area contributed by atoms with Gasteiger partial charge in [0.2, 0.25) is 0 Å². The van der Waals surface area contributed by atoms with Crippen LogP contribution in [0.15, 0.2) is 18.2 Å². The summed E-state index contributed by atoms with van der Waals surface area (Å²) >= 11 is 0. The Kier molecular flexibility index (Phi) is 1.41. The monoisotopic (exact) mass is 162 g/mol. The molecular weight excluding hydrogens is 152 g/mol. The first-order valence-electron chi connectivity index (χ1n) is 3.84. The lowest BCUT2D eigenvalue weighted by Crippen LogP contribution is -2.30. The molecule has 0 aromatic heterocycles.